The van der Waals surface area contributed by atoms with Crippen LogP contribution in [0.15, 0.2) is 18.2 Å². The van der Waals surface area contributed by atoms with Gasteiger partial charge in [-0.05, 0) is 86.5 Å². The number of hydrogen-bond donors (Lipinski definition) is 1. The van der Waals surface area contributed by atoms with Gasteiger partial charge in [0.05, 0.1) is 0 Å². The Balaban J connectivity index is 1.52. The number of aryl methyl sites for hydroxylation is 1. The summed E-state index contributed by atoms with van der Waals surface area (Å²) in [5.41, 5.74) is 1.36. The zero-order valence-electron chi connectivity index (χ0n) is 17.9. The fourth-order valence-electron chi connectivity index (χ4n) is 6.37. The summed E-state index contributed by atoms with van der Waals surface area (Å²) < 4.78 is 10.3. The van der Waals surface area contributed by atoms with Crippen LogP contribution in [0.25, 0.3) is 0 Å². The monoisotopic (exact) mass is 410 g/mol. The van der Waals surface area contributed by atoms with Crippen LogP contribution in [0, 0.1) is 29.6 Å². The second-order valence-corrected chi connectivity index (χ2v) is 9.45. The van der Waals surface area contributed by atoms with E-state index in [4.69, 9.17) is 15.9 Å². The maximum Gasteiger partial charge on any atom is 0.352 e. The smallest absolute Gasteiger partial charge is 0.352 e. The van der Waals surface area contributed by atoms with Gasteiger partial charge in [0.25, 0.3) is 0 Å². The van der Waals surface area contributed by atoms with Gasteiger partial charge in [-0.3, -0.25) is 4.79 Å². The highest BCUT2D eigenvalue weighted by atomic mass is 16.6. The Hall–Kier alpha value is -2.32. The summed E-state index contributed by atoms with van der Waals surface area (Å²) in [6.07, 6.45) is 10.4. The lowest BCUT2D eigenvalue weighted by Crippen LogP contribution is -2.50. The molecule has 4 rings (SSSR count). The molecular formula is C25H30O5. The third kappa shape index (κ3) is 3.22. The molecule has 3 unspecified atom stereocenters. The van der Waals surface area contributed by atoms with Crippen molar-refractivity contribution in [2.75, 3.05) is 0 Å². The molecule has 3 aliphatic carbocycles. The first-order chi connectivity index (χ1) is 14.2. The third-order valence-corrected chi connectivity index (χ3v) is 7.98. The molecule has 6 atom stereocenters. The predicted molar refractivity (Wildman–Crippen MR) is 112 cm³/mol. The number of aliphatic hydroxyl groups is 1. The Morgan fingerprint density at radius 2 is 2.03 bits per heavy atom. The molecule has 0 bridgehead atoms. The summed E-state index contributed by atoms with van der Waals surface area (Å²) in [5, 5.41) is 11.0. The minimum absolute atomic E-state index is 0.206. The van der Waals surface area contributed by atoms with Crippen molar-refractivity contribution in [3.8, 4) is 18.1 Å². The SMILES string of the molecule is C#C[C@]1(O)CCC2C3CCc4cc(OC(=O)[C@H](C)OC(C)=O)ccc4C3CC[C@@]21C. The maximum absolute atomic E-state index is 12.2. The lowest BCUT2D eigenvalue weighted by Gasteiger charge is -2.52. The standard InChI is InChI=1S/C25H30O5/c1-5-25(28)13-11-22-21-8-6-17-14-18(30-23(27)15(2)29-16(3)26)7-9-19(17)20(21)10-12-24(22,25)4/h1,7,9,14-15,20-22,28H,6,8,10-13H2,2-4H3/t15-,20?,21?,22?,24-,25-/m0/s1. The lowest BCUT2D eigenvalue weighted by atomic mass is 9.53. The minimum atomic E-state index is -0.986. The molecule has 0 amide bonds. The van der Waals surface area contributed by atoms with Crippen LogP contribution in [-0.4, -0.2) is 28.8 Å². The van der Waals surface area contributed by atoms with Crippen molar-refractivity contribution < 1.29 is 24.2 Å². The molecule has 30 heavy (non-hydrogen) atoms. The number of benzene rings is 1. The van der Waals surface area contributed by atoms with E-state index in [1.807, 2.05) is 12.1 Å². The second kappa shape index (κ2) is 7.42. The summed E-state index contributed by atoms with van der Waals surface area (Å²) in [5.74, 6) is 3.53. The molecular weight excluding hydrogens is 380 g/mol. The van der Waals surface area contributed by atoms with Gasteiger partial charge in [-0.25, -0.2) is 4.79 Å². The highest BCUT2D eigenvalue weighted by Gasteiger charge is 2.61. The van der Waals surface area contributed by atoms with Crippen molar-refractivity contribution in [1.82, 2.24) is 0 Å². The normalized spacial score (nSPS) is 35.2. The van der Waals surface area contributed by atoms with E-state index in [-0.39, 0.29) is 5.41 Å². The Labute approximate surface area is 178 Å². The van der Waals surface area contributed by atoms with Gasteiger partial charge < -0.3 is 14.6 Å². The fourth-order valence-corrected chi connectivity index (χ4v) is 6.37. The Bertz CT molecular complexity index is 915. The van der Waals surface area contributed by atoms with E-state index < -0.39 is 23.6 Å². The number of fused-ring (bicyclic) bond motifs is 5. The van der Waals surface area contributed by atoms with Gasteiger partial charge in [0, 0.05) is 12.3 Å². The third-order valence-electron chi connectivity index (χ3n) is 7.98. The number of esters is 2. The van der Waals surface area contributed by atoms with Crippen LogP contribution in [0.2, 0.25) is 0 Å². The van der Waals surface area contributed by atoms with E-state index in [0.717, 1.165) is 32.1 Å². The predicted octanol–water partition coefficient (Wildman–Crippen LogP) is 3.76. The van der Waals surface area contributed by atoms with E-state index >= 15 is 0 Å². The zero-order valence-corrected chi connectivity index (χ0v) is 17.9. The van der Waals surface area contributed by atoms with Crippen molar-refractivity contribution in [1.29, 1.82) is 0 Å². The Kier molecular flexibility index (Phi) is 5.18. The minimum Gasteiger partial charge on any atom is -0.451 e. The van der Waals surface area contributed by atoms with Gasteiger partial charge in [-0.15, -0.1) is 6.42 Å². The van der Waals surface area contributed by atoms with E-state index in [2.05, 4.69) is 18.9 Å². The van der Waals surface area contributed by atoms with E-state index in [0.29, 0.717) is 29.9 Å². The highest BCUT2D eigenvalue weighted by Crippen LogP contribution is 2.64. The van der Waals surface area contributed by atoms with Gasteiger partial charge >= 0.3 is 11.9 Å². The summed E-state index contributed by atoms with van der Waals surface area (Å²) >= 11 is 0. The molecule has 0 aliphatic heterocycles. The molecule has 0 spiro atoms. The Morgan fingerprint density at radius 3 is 2.73 bits per heavy atom. The van der Waals surface area contributed by atoms with Gasteiger partial charge in [0.2, 0.25) is 0 Å². The highest BCUT2D eigenvalue weighted by molar-refractivity contribution is 5.80. The van der Waals surface area contributed by atoms with Crippen LogP contribution in [0.4, 0.5) is 0 Å². The molecule has 0 saturated heterocycles. The fraction of sp³-hybridized carbons (Fsp3) is 0.600. The zero-order chi connectivity index (χ0) is 21.7. The van der Waals surface area contributed by atoms with E-state index in [1.165, 1.54) is 25.0 Å². The Morgan fingerprint density at radius 1 is 1.27 bits per heavy atom. The molecule has 0 radical (unpaired) electrons. The number of rotatable bonds is 3. The van der Waals surface area contributed by atoms with Crippen LogP contribution in [0.3, 0.4) is 0 Å². The number of carbonyl (C=O) groups is 2. The molecule has 3 aliphatic rings. The largest absolute Gasteiger partial charge is 0.451 e. The topological polar surface area (TPSA) is 72.8 Å². The van der Waals surface area contributed by atoms with E-state index in [9.17, 15) is 14.7 Å². The average Bonchev–Trinajstić information content (AvgIpc) is 2.98. The molecule has 0 heterocycles. The summed E-state index contributed by atoms with van der Waals surface area (Å²) in [6, 6.07) is 5.86. The average molecular weight is 411 g/mol. The molecule has 1 aromatic carbocycles. The second-order valence-electron chi connectivity index (χ2n) is 9.45. The van der Waals surface area contributed by atoms with Crippen molar-refractivity contribution in [3.63, 3.8) is 0 Å². The molecule has 1 aromatic rings. The first kappa shape index (κ1) is 20.9. The van der Waals surface area contributed by atoms with Crippen LogP contribution in [0.1, 0.15) is 69.9 Å². The van der Waals surface area contributed by atoms with Crippen molar-refractivity contribution in [2.24, 2.45) is 17.3 Å². The quantitative estimate of drug-likeness (QED) is 0.467. The number of ether oxygens (including phenoxy) is 2. The van der Waals surface area contributed by atoms with Crippen LogP contribution in [0.5, 0.6) is 5.75 Å². The van der Waals surface area contributed by atoms with E-state index in [1.54, 1.807) is 0 Å². The summed E-state index contributed by atoms with van der Waals surface area (Å²) in [4.78, 5) is 23.2. The van der Waals surface area contributed by atoms with Crippen LogP contribution in [-0.2, 0) is 20.7 Å². The van der Waals surface area contributed by atoms with Crippen LogP contribution < -0.4 is 4.74 Å². The first-order valence-electron chi connectivity index (χ1n) is 10.9. The van der Waals surface area contributed by atoms with Crippen molar-refractivity contribution in [3.05, 3.63) is 29.3 Å². The molecule has 2 saturated carbocycles. The molecule has 160 valence electrons. The first-order valence-corrected chi connectivity index (χ1v) is 10.9. The van der Waals surface area contributed by atoms with Gasteiger partial charge in [-0.2, -0.15) is 0 Å². The van der Waals surface area contributed by atoms with Crippen molar-refractivity contribution >= 4 is 11.9 Å². The van der Waals surface area contributed by atoms with Crippen LogP contribution >= 0.6 is 0 Å². The summed E-state index contributed by atoms with van der Waals surface area (Å²) in [7, 11) is 0. The molecule has 5 nitrogen and oxygen atoms in total. The number of hydrogen-bond acceptors (Lipinski definition) is 5. The lowest BCUT2D eigenvalue weighted by molar-refractivity contribution is -0.159. The van der Waals surface area contributed by atoms with Gasteiger partial charge in [0.15, 0.2) is 6.10 Å². The molecule has 2 fully saturated rings. The van der Waals surface area contributed by atoms with Crippen molar-refractivity contribution in [2.45, 2.75) is 76.9 Å². The summed E-state index contributed by atoms with van der Waals surface area (Å²) in [6.45, 7) is 4.96. The van der Waals surface area contributed by atoms with Gasteiger partial charge in [0.1, 0.15) is 11.4 Å². The molecule has 5 heteroatoms. The number of terminal acetylenes is 1. The molecule has 1 N–H and O–H groups in total. The molecule has 0 aromatic heterocycles. The number of carbonyl (C=O) groups excluding carboxylic acids is 2. The maximum atomic E-state index is 12.2. The van der Waals surface area contributed by atoms with Gasteiger partial charge in [-0.1, -0.05) is 18.9 Å².